The van der Waals surface area contributed by atoms with Gasteiger partial charge in [-0.05, 0) is 23.7 Å². The Morgan fingerprint density at radius 2 is 1.94 bits per heavy atom. The first-order valence-corrected chi connectivity index (χ1v) is 5.61. The Balaban J connectivity index is 2.47. The van der Waals surface area contributed by atoms with Gasteiger partial charge in [0.05, 0.1) is 17.6 Å². The van der Waals surface area contributed by atoms with Crippen LogP contribution in [0.25, 0.3) is 0 Å². The van der Waals surface area contributed by atoms with Crippen molar-refractivity contribution in [1.29, 1.82) is 0 Å². The Morgan fingerprint density at radius 3 is 2.65 bits per heavy atom. The Bertz CT molecular complexity index is 545. The van der Waals surface area contributed by atoms with Crippen LogP contribution in [0.1, 0.15) is 0 Å². The highest BCUT2D eigenvalue weighted by Gasteiger charge is 2.13. The molecule has 1 aromatic heterocycles. The molecule has 0 radical (unpaired) electrons. The first-order chi connectivity index (χ1) is 8.09. The fourth-order valence-electron chi connectivity index (χ4n) is 1.48. The Morgan fingerprint density at radius 1 is 1.24 bits per heavy atom. The van der Waals surface area contributed by atoms with Gasteiger partial charge in [0.2, 0.25) is 5.28 Å². The molecule has 0 bridgehead atoms. The van der Waals surface area contributed by atoms with Crippen LogP contribution in [-0.2, 0) is 0 Å². The molecule has 2 aromatic rings. The summed E-state index contributed by atoms with van der Waals surface area (Å²) < 4.78 is 0. The van der Waals surface area contributed by atoms with Crippen molar-refractivity contribution in [3.05, 3.63) is 40.8 Å². The number of nitrogen functional groups attached to an aromatic ring is 1. The minimum absolute atomic E-state index is 0.144. The molecule has 17 heavy (non-hydrogen) atoms. The average molecular weight is 269 g/mol. The van der Waals surface area contributed by atoms with Gasteiger partial charge in [0.15, 0.2) is 5.82 Å². The summed E-state index contributed by atoms with van der Waals surface area (Å²) in [5.74, 6) is 0.518. The lowest BCUT2D eigenvalue weighted by Gasteiger charge is -2.20. The van der Waals surface area contributed by atoms with E-state index in [0.717, 1.165) is 5.69 Å². The molecule has 0 fully saturated rings. The smallest absolute Gasteiger partial charge is 0.224 e. The molecule has 0 amide bonds. The highest BCUT2D eigenvalue weighted by atomic mass is 35.5. The van der Waals surface area contributed by atoms with Crippen LogP contribution in [0, 0.1) is 0 Å². The summed E-state index contributed by atoms with van der Waals surface area (Å²) in [5, 5.41) is 0.561. The molecule has 0 saturated heterocycles. The second kappa shape index (κ2) is 4.77. The number of rotatable bonds is 2. The summed E-state index contributed by atoms with van der Waals surface area (Å²) in [6, 6.07) is 7.43. The van der Waals surface area contributed by atoms with Gasteiger partial charge in [0, 0.05) is 7.05 Å². The van der Waals surface area contributed by atoms with E-state index in [1.165, 1.54) is 6.20 Å². The van der Waals surface area contributed by atoms with Gasteiger partial charge in [-0.1, -0.05) is 23.7 Å². The fraction of sp³-hybridized carbons (Fsp3) is 0.0909. The highest BCUT2D eigenvalue weighted by molar-refractivity contribution is 6.33. The lowest BCUT2D eigenvalue weighted by atomic mass is 10.2. The van der Waals surface area contributed by atoms with Crippen LogP contribution < -0.4 is 10.6 Å². The Kier molecular flexibility index (Phi) is 3.36. The third-order valence-corrected chi connectivity index (χ3v) is 2.76. The highest BCUT2D eigenvalue weighted by Crippen LogP contribution is 2.31. The van der Waals surface area contributed by atoms with Crippen LogP contribution in [0.3, 0.4) is 0 Å². The largest absolute Gasteiger partial charge is 0.397 e. The number of halogens is 2. The maximum Gasteiger partial charge on any atom is 0.224 e. The van der Waals surface area contributed by atoms with Gasteiger partial charge in [0.25, 0.3) is 0 Å². The van der Waals surface area contributed by atoms with Crippen LogP contribution >= 0.6 is 23.2 Å². The van der Waals surface area contributed by atoms with Crippen LogP contribution in [0.5, 0.6) is 0 Å². The standard InChI is InChI=1S/C11H10Cl2N4/c1-17(9-5-3-2-4-8(9)14)10-7(12)6-15-11(13)16-10/h2-6H,14H2,1H3. The Hall–Kier alpha value is -1.52. The number of hydrogen-bond acceptors (Lipinski definition) is 4. The van der Waals surface area contributed by atoms with Crippen LogP contribution in [-0.4, -0.2) is 17.0 Å². The topological polar surface area (TPSA) is 55.0 Å². The molecule has 6 heteroatoms. The molecular weight excluding hydrogens is 259 g/mol. The Labute approximate surface area is 109 Å². The third-order valence-electron chi connectivity index (χ3n) is 2.31. The van der Waals surface area contributed by atoms with Crippen LogP contribution in [0.4, 0.5) is 17.2 Å². The minimum Gasteiger partial charge on any atom is -0.397 e. The normalized spacial score (nSPS) is 10.3. The average Bonchev–Trinajstić information content (AvgIpc) is 2.32. The van der Waals surface area contributed by atoms with E-state index in [1.54, 1.807) is 4.90 Å². The molecule has 0 aliphatic heterocycles. The fourth-order valence-corrected chi connectivity index (χ4v) is 1.83. The van der Waals surface area contributed by atoms with E-state index in [-0.39, 0.29) is 5.28 Å². The molecule has 2 rings (SSSR count). The monoisotopic (exact) mass is 268 g/mol. The first kappa shape index (κ1) is 12.0. The molecular formula is C11H10Cl2N4. The third kappa shape index (κ3) is 2.43. The maximum atomic E-state index is 6.03. The van der Waals surface area contributed by atoms with Gasteiger partial charge < -0.3 is 10.6 Å². The summed E-state index contributed by atoms with van der Waals surface area (Å²) in [7, 11) is 1.82. The number of aromatic nitrogens is 2. The lowest BCUT2D eigenvalue weighted by molar-refractivity contribution is 1.08. The molecule has 0 aliphatic carbocycles. The molecule has 1 aromatic carbocycles. The molecule has 0 atom stereocenters. The predicted molar refractivity (Wildman–Crippen MR) is 71.0 cm³/mol. The number of para-hydroxylation sites is 2. The van der Waals surface area contributed by atoms with Gasteiger partial charge in [-0.25, -0.2) is 4.98 Å². The van der Waals surface area contributed by atoms with E-state index >= 15 is 0 Å². The summed E-state index contributed by atoms with van der Waals surface area (Å²) in [4.78, 5) is 9.65. The molecule has 0 spiro atoms. The first-order valence-electron chi connectivity index (χ1n) is 4.86. The van der Waals surface area contributed by atoms with Crippen molar-refractivity contribution in [2.45, 2.75) is 0 Å². The summed E-state index contributed by atoms with van der Waals surface area (Å²) in [6.07, 6.45) is 1.46. The second-order valence-corrected chi connectivity index (χ2v) is 4.17. The number of anilines is 3. The summed E-state index contributed by atoms with van der Waals surface area (Å²) in [6.45, 7) is 0. The zero-order chi connectivity index (χ0) is 12.4. The predicted octanol–water partition coefficient (Wildman–Crippen LogP) is 3.13. The van der Waals surface area contributed by atoms with E-state index in [9.17, 15) is 0 Å². The van der Waals surface area contributed by atoms with Gasteiger partial charge in [-0.2, -0.15) is 4.98 Å². The van der Waals surface area contributed by atoms with Gasteiger partial charge in [-0.15, -0.1) is 0 Å². The van der Waals surface area contributed by atoms with Crippen molar-refractivity contribution < 1.29 is 0 Å². The van der Waals surface area contributed by atoms with E-state index < -0.39 is 0 Å². The molecule has 1 heterocycles. The quantitative estimate of drug-likeness (QED) is 0.672. The van der Waals surface area contributed by atoms with Gasteiger partial charge in [-0.3, -0.25) is 0 Å². The lowest BCUT2D eigenvalue weighted by Crippen LogP contribution is -2.14. The molecule has 4 nitrogen and oxygen atoms in total. The van der Waals surface area contributed by atoms with Crippen LogP contribution in [0.15, 0.2) is 30.5 Å². The summed E-state index contributed by atoms with van der Waals surface area (Å²) >= 11 is 11.8. The maximum absolute atomic E-state index is 6.03. The second-order valence-electron chi connectivity index (χ2n) is 3.43. The number of hydrogen-bond donors (Lipinski definition) is 1. The molecule has 0 saturated carbocycles. The van der Waals surface area contributed by atoms with E-state index in [2.05, 4.69) is 9.97 Å². The minimum atomic E-state index is 0.144. The van der Waals surface area contributed by atoms with Crippen molar-refractivity contribution in [3.63, 3.8) is 0 Å². The SMILES string of the molecule is CN(c1ccccc1N)c1nc(Cl)ncc1Cl. The van der Waals surface area contributed by atoms with Gasteiger partial charge >= 0.3 is 0 Å². The molecule has 2 N–H and O–H groups in total. The van der Waals surface area contributed by atoms with E-state index in [1.807, 2.05) is 31.3 Å². The van der Waals surface area contributed by atoms with Crippen LogP contribution in [0.2, 0.25) is 10.3 Å². The van der Waals surface area contributed by atoms with Crippen molar-refractivity contribution >= 4 is 40.4 Å². The number of nitrogens with two attached hydrogens (primary N) is 1. The van der Waals surface area contributed by atoms with E-state index in [0.29, 0.717) is 16.5 Å². The molecule has 0 unspecified atom stereocenters. The zero-order valence-corrected chi connectivity index (χ0v) is 10.6. The van der Waals surface area contributed by atoms with Crippen molar-refractivity contribution in [2.24, 2.45) is 0 Å². The van der Waals surface area contributed by atoms with Crippen molar-refractivity contribution in [2.75, 3.05) is 17.7 Å². The van der Waals surface area contributed by atoms with Crippen molar-refractivity contribution in [3.8, 4) is 0 Å². The number of benzene rings is 1. The summed E-state index contributed by atoms with van der Waals surface area (Å²) in [5.41, 5.74) is 7.33. The van der Waals surface area contributed by atoms with Crippen molar-refractivity contribution in [1.82, 2.24) is 9.97 Å². The molecule has 88 valence electrons. The van der Waals surface area contributed by atoms with Gasteiger partial charge in [0.1, 0.15) is 5.02 Å². The number of nitrogens with zero attached hydrogens (tertiary/aromatic N) is 3. The van der Waals surface area contributed by atoms with E-state index in [4.69, 9.17) is 28.9 Å². The zero-order valence-electron chi connectivity index (χ0n) is 9.06. The molecule has 0 aliphatic rings.